The maximum atomic E-state index is 10.2. The predicted octanol–water partition coefficient (Wildman–Crippen LogP) is 2.67. The number of aliphatic hydroxyl groups is 1. The number of hydrogen-bond donors (Lipinski definition) is 1. The molecule has 1 atom stereocenters. The molecule has 0 saturated heterocycles. The normalized spacial score (nSPS) is 21.5. The van der Waals surface area contributed by atoms with Gasteiger partial charge in [0.2, 0.25) is 0 Å². The van der Waals surface area contributed by atoms with E-state index in [1.54, 1.807) is 6.33 Å². The van der Waals surface area contributed by atoms with Crippen LogP contribution in [-0.2, 0) is 18.3 Å². The van der Waals surface area contributed by atoms with Crippen LogP contribution in [0.15, 0.2) is 30.6 Å². The molecule has 0 fully saturated rings. The summed E-state index contributed by atoms with van der Waals surface area (Å²) in [5, 5.41) is 14.5. The molecule has 0 bridgehead atoms. The van der Waals surface area contributed by atoms with Crippen molar-refractivity contribution < 1.29 is 5.11 Å². The minimum atomic E-state index is -0.214. The fourth-order valence-corrected chi connectivity index (χ4v) is 3.55. The van der Waals surface area contributed by atoms with Crippen LogP contribution < -0.4 is 0 Å². The molecule has 0 aliphatic heterocycles. The van der Waals surface area contributed by atoms with Crippen molar-refractivity contribution in [1.82, 2.24) is 14.8 Å². The number of rotatable bonds is 4. The van der Waals surface area contributed by atoms with E-state index in [-0.39, 0.29) is 18.1 Å². The number of aromatic nitrogens is 3. The van der Waals surface area contributed by atoms with Crippen molar-refractivity contribution in [1.29, 1.82) is 0 Å². The van der Waals surface area contributed by atoms with Crippen LogP contribution in [0.3, 0.4) is 0 Å². The van der Waals surface area contributed by atoms with E-state index in [0.29, 0.717) is 0 Å². The van der Waals surface area contributed by atoms with Crippen LogP contribution >= 0.6 is 0 Å². The first-order chi connectivity index (χ1) is 10.2. The van der Waals surface area contributed by atoms with E-state index in [9.17, 15) is 5.11 Å². The summed E-state index contributed by atoms with van der Waals surface area (Å²) in [5.74, 6) is 0.968. The number of nitrogens with zero attached hydrogens (tertiary/aromatic N) is 3. The molecule has 1 heterocycles. The van der Waals surface area contributed by atoms with E-state index in [1.807, 2.05) is 4.68 Å². The molecule has 3 rings (SSSR count). The average molecular weight is 285 g/mol. The molecule has 1 aliphatic rings. The molecule has 1 unspecified atom stereocenters. The number of hydrogen-bond acceptors (Lipinski definition) is 3. The van der Waals surface area contributed by atoms with Crippen molar-refractivity contribution >= 4 is 0 Å². The smallest absolute Gasteiger partial charge is 0.138 e. The topological polar surface area (TPSA) is 50.9 Å². The number of aryl methyl sites for hydroxylation is 1. The number of benzene rings is 1. The first-order valence-corrected chi connectivity index (χ1v) is 7.74. The second kappa shape index (κ2) is 5.60. The Morgan fingerprint density at radius 1 is 1.33 bits per heavy atom. The van der Waals surface area contributed by atoms with Crippen LogP contribution in [0.4, 0.5) is 0 Å². The zero-order chi connectivity index (χ0) is 14.9. The first kappa shape index (κ1) is 14.3. The SMILES string of the molecule is CC(C)n1ncnc1CC1(CO)CCCc2ccccc21. The minimum Gasteiger partial charge on any atom is -0.395 e. The monoisotopic (exact) mass is 285 g/mol. The van der Waals surface area contributed by atoms with Gasteiger partial charge in [-0.05, 0) is 44.2 Å². The van der Waals surface area contributed by atoms with Gasteiger partial charge < -0.3 is 5.11 Å². The Labute approximate surface area is 125 Å². The molecule has 1 aliphatic carbocycles. The summed E-state index contributed by atoms with van der Waals surface area (Å²) in [7, 11) is 0. The Hall–Kier alpha value is -1.68. The van der Waals surface area contributed by atoms with Crippen molar-refractivity contribution in [2.24, 2.45) is 0 Å². The molecule has 4 nitrogen and oxygen atoms in total. The summed E-state index contributed by atoms with van der Waals surface area (Å²) in [6.45, 7) is 4.38. The maximum absolute atomic E-state index is 10.2. The largest absolute Gasteiger partial charge is 0.395 e. The molecular formula is C17H23N3O. The van der Waals surface area contributed by atoms with E-state index in [0.717, 1.165) is 31.5 Å². The van der Waals surface area contributed by atoms with E-state index in [2.05, 4.69) is 48.2 Å². The molecular weight excluding hydrogens is 262 g/mol. The molecule has 1 N–H and O–H groups in total. The zero-order valence-electron chi connectivity index (χ0n) is 12.8. The number of aliphatic hydroxyl groups excluding tert-OH is 1. The highest BCUT2D eigenvalue weighted by Crippen LogP contribution is 2.39. The highest BCUT2D eigenvalue weighted by molar-refractivity contribution is 5.37. The summed E-state index contributed by atoms with van der Waals surface area (Å²) < 4.78 is 1.97. The molecule has 0 spiro atoms. The Bertz CT molecular complexity index is 620. The van der Waals surface area contributed by atoms with Crippen molar-refractivity contribution in [3.05, 3.63) is 47.5 Å². The van der Waals surface area contributed by atoms with Gasteiger partial charge in [0.25, 0.3) is 0 Å². The Morgan fingerprint density at radius 3 is 2.90 bits per heavy atom. The minimum absolute atomic E-state index is 0.162. The van der Waals surface area contributed by atoms with E-state index in [4.69, 9.17) is 0 Å². The van der Waals surface area contributed by atoms with Crippen molar-refractivity contribution in [2.45, 2.75) is 51.0 Å². The van der Waals surface area contributed by atoms with Crippen LogP contribution in [0.25, 0.3) is 0 Å². The standard InChI is InChI=1S/C17H23N3O/c1-13(2)20-16(18-12-19-20)10-17(11-21)9-5-7-14-6-3-4-8-15(14)17/h3-4,6,8,12-13,21H,5,7,9-11H2,1-2H3. The van der Waals surface area contributed by atoms with E-state index in [1.165, 1.54) is 11.1 Å². The molecule has 4 heteroatoms. The van der Waals surface area contributed by atoms with Crippen LogP contribution in [0.1, 0.15) is 49.7 Å². The maximum Gasteiger partial charge on any atom is 0.138 e. The second-order valence-electron chi connectivity index (χ2n) is 6.34. The third-order valence-electron chi connectivity index (χ3n) is 4.63. The highest BCUT2D eigenvalue weighted by Gasteiger charge is 2.37. The molecule has 0 saturated carbocycles. The molecule has 1 aromatic heterocycles. The van der Waals surface area contributed by atoms with Crippen molar-refractivity contribution in [3.63, 3.8) is 0 Å². The second-order valence-corrected chi connectivity index (χ2v) is 6.34. The number of fused-ring (bicyclic) bond motifs is 1. The van der Waals surface area contributed by atoms with E-state index >= 15 is 0 Å². The lowest BCUT2D eigenvalue weighted by atomic mass is 9.68. The molecule has 21 heavy (non-hydrogen) atoms. The van der Waals surface area contributed by atoms with Gasteiger partial charge in [-0.1, -0.05) is 24.3 Å². The van der Waals surface area contributed by atoms with Crippen LogP contribution in [0.5, 0.6) is 0 Å². The van der Waals surface area contributed by atoms with Crippen molar-refractivity contribution in [3.8, 4) is 0 Å². The van der Waals surface area contributed by atoms with Gasteiger partial charge in [-0.2, -0.15) is 5.10 Å². The third-order valence-corrected chi connectivity index (χ3v) is 4.63. The lowest BCUT2D eigenvalue weighted by Gasteiger charge is -2.37. The lowest BCUT2D eigenvalue weighted by molar-refractivity contribution is 0.169. The summed E-state index contributed by atoms with van der Waals surface area (Å²) in [6, 6.07) is 8.80. The van der Waals surface area contributed by atoms with E-state index < -0.39 is 0 Å². The quantitative estimate of drug-likeness (QED) is 0.939. The summed E-state index contributed by atoms with van der Waals surface area (Å²) in [4.78, 5) is 4.44. The molecule has 0 radical (unpaired) electrons. The third kappa shape index (κ3) is 2.48. The fourth-order valence-electron chi connectivity index (χ4n) is 3.55. The van der Waals surface area contributed by atoms with Gasteiger partial charge in [-0.25, -0.2) is 9.67 Å². The summed E-state index contributed by atoms with van der Waals surface area (Å²) >= 11 is 0. The van der Waals surface area contributed by atoms with Gasteiger partial charge in [0.1, 0.15) is 12.2 Å². The van der Waals surface area contributed by atoms with Gasteiger partial charge >= 0.3 is 0 Å². The molecule has 1 aromatic carbocycles. The molecule has 2 aromatic rings. The lowest BCUT2D eigenvalue weighted by Crippen LogP contribution is -2.38. The highest BCUT2D eigenvalue weighted by atomic mass is 16.3. The van der Waals surface area contributed by atoms with Crippen molar-refractivity contribution in [2.75, 3.05) is 6.61 Å². The molecule has 0 amide bonds. The van der Waals surface area contributed by atoms with Crippen LogP contribution in [0, 0.1) is 0 Å². The Balaban J connectivity index is 2.00. The van der Waals surface area contributed by atoms with Crippen LogP contribution in [-0.4, -0.2) is 26.5 Å². The van der Waals surface area contributed by atoms with Gasteiger partial charge in [0, 0.05) is 17.9 Å². The zero-order valence-corrected chi connectivity index (χ0v) is 12.8. The van der Waals surface area contributed by atoms with Crippen LogP contribution in [0.2, 0.25) is 0 Å². The molecule has 112 valence electrons. The first-order valence-electron chi connectivity index (χ1n) is 7.74. The van der Waals surface area contributed by atoms with Gasteiger partial charge in [0.15, 0.2) is 0 Å². The van der Waals surface area contributed by atoms with Gasteiger partial charge in [0.05, 0.1) is 6.61 Å². The predicted molar refractivity (Wildman–Crippen MR) is 82.3 cm³/mol. The summed E-state index contributed by atoms with van der Waals surface area (Å²) in [6.07, 6.45) is 5.60. The fraction of sp³-hybridized carbons (Fsp3) is 0.529. The Morgan fingerprint density at radius 2 is 2.14 bits per heavy atom. The Kier molecular flexibility index (Phi) is 3.81. The van der Waals surface area contributed by atoms with Gasteiger partial charge in [-0.15, -0.1) is 0 Å². The summed E-state index contributed by atoms with van der Waals surface area (Å²) in [5.41, 5.74) is 2.44. The van der Waals surface area contributed by atoms with Gasteiger partial charge in [-0.3, -0.25) is 0 Å². The average Bonchev–Trinajstić information content (AvgIpc) is 2.96.